The molecule has 1 aromatic heterocycles. The predicted molar refractivity (Wildman–Crippen MR) is 98.4 cm³/mol. The Labute approximate surface area is 156 Å². The van der Waals surface area contributed by atoms with Gasteiger partial charge >= 0.3 is 5.97 Å². The summed E-state index contributed by atoms with van der Waals surface area (Å²) in [5.41, 5.74) is 0.725. The van der Waals surface area contributed by atoms with E-state index in [1.807, 2.05) is 4.90 Å². The first-order valence-electron chi connectivity index (χ1n) is 8.29. The number of benzene rings is 1. The fourth-order valence-electron chi connectivity index (χ4n) is 2.94. The molecule has 0 aliphatic carbocycles. The zero-order chi connectivity index (χ0) is 18.5. The Morgan fingerprint density at radius 3 is 2.81 bits per heavy atom. The Kier molecular flexibility index (Phi) is 5.68. The van der Waals surface area contributed by atoms with Crippen LogP contribution in [-0.4, -0.2) is 42.0 Å². The number of ether oxygens (including phenoxy) is 1. The summed E-state index contributed by atoms with van der Waals surface area (Å²) in [6.45, 7) is 1.37. The molecule has 1 saturated heterocycles. The van der Waals surface area contributed by atoms with Gasteiger partial charge in [0.25, 0.3) is 0 Å². The molecular weight excluding hydrogens is 356 g/mol. The molecule has 0 saturated carbocycles. The Bertz CT molecular complexity index is 800. The Balaban J connectivity index is 1.69. The van der Waals surface area contributed by atoms with E-state index < -0.39 is 5.97 Å². The number of esters is 1. The number of hydrogen-bond donors (Lipinski definition) is 1. The SMILES string of the molecule is COC(=O)c1cc(NC(=O)C2CCCN(c3ncccn3)C2)ccc1Cl. The lowest BCUT2D eigenvalue weighted by Gasteiger charge is -2.31. The van der Waals surface area contributed by atoms with Crippen LogP contribution in [0.25, 0.3) is 0 Å². The molecule has 1 aliphatic rings. The fourth-order valence-corrected chi connectivity index (χ4v) is 3.14. The van der Waals surface area contributed by atoms with E-state index in [2.05, 4.69) is 15.3 Å². The lowest BCUT2D eigenvalue weighted by Crippen LogP contribution is -2.41. The highest BCUT2D eigenvalue weighted by Crippen LogP contribution is 2.24. The quantitative estimate of drug-likeness (QED) is 0.828. The monoisotopic (exact) mass is 374 g/mol. The number of nitrogens with one attached hydrogen (secondary N) is 1. The minimum absolute atomic E-state index is 0.108. The first kappa shape index (κ1) is 18.1. The third-order valence-corrected chi connectivity index (χ3v) is 4.60. The molecule has 1 aliphatic heterocycles. The van der Waals surface area contributed by atoms with Crippen molar-refractivity contribution in [1.82, 2.24) is 9.97 Å². The Morgan fingerprint density at radius 1 is 1.31 bits per heavy atom. The van der Waals surface area contributed by atoms with Crippen LogP contribution in [0.3, 0.4) is 0 Å². The van der Waals surface area contributed by atoms with E-state index >= 15 is 0 Å². The predicted octanol–water partition coefficient (Wildman–Crippen LogP) is 2.77. The summed E-state index contributed by atoms with van der Waals surface area (Å²) < 4.78 is 4.70. The van der Waals surface area contributed by atoms with Gasteiger partial charge in [-0.05, 0) is 37.1 Å². The summed E-state index contributed by atoms with van der Waals surface area (Å²) in [5, 5.41) is 3.14. The second kappa shape index (κ2) is 8.14. The molecule has 136 valence electrons. The van der Waals surface area contributed by atoms with E-state index in [4.69, 9.17) is 16.3 Å². The second-order valence-electron chi connectivity index (χ2n) is 6.01. The molecule has 0 spiro atoms. The molecule has 2 aromatic rings. The number of amides is 1. The minimum Gasteiger partial charge on any atom is -0.465 e. The number of piperidine rings is 1. The molecule has 7 nitrogen and oxygen atoms in total. The fraction of sp³-hybridized carbons (Fsp3) is 0.333. The van der Waals surface area contributed by atoms with E-state index in [0.29, 0.717) is 18.2 Å². The van der Waals surface area contributed by atoms with Crippen LogP contribution in [0.2, 0.25) is 5.02 Å². The van der Waals surface area contributed by atoms with Gasteiger partial charge in [0, 0.05) is 31.2 Å². The molecule has 3 rings (SSSR count). The number of aromatic nitrogens is 2. The molecule has 1 amide bonds. The summed E-state index contributed by atoms with van der Waals surface area (Å²) in [4.78, 5) is 34.9. The van der Waals surface area contributed by atoms with Crippen LogP contribution in [0.5, 0.6) is 0 Å². The van der Waals surface area contributed by atoms with Crippen molar-refractivity contribution in [3.05, 3.63) is 47.2 Å². The van der Waals surface area contributed by atoms with Crippen molar-refractivity contribution < 1.29 is 14.3 Å². The molecule has 1 atom stereocenters. The average Bonchev–Trinajstić information content (AvgIpc) is 2.69. The van der Waals surface area contributed by atoms with Crippen LogP contribution < -0.4 is 10.2 Å². The second-order valence-corrected chi connectivity index (χ2v) is 6.42. The van der Waals surface area contributed by atoms with Gasteiger partial charge in [0.05, 0.1) is 23.6 Å². The molecule has 1 N–H and O–H groups in total. The summed E-state index contributed by atoms with van der Waals surface area (Å²) in [7, 11) is 1.28. The van der Waals surface area contributed by atoms with Gasteiger partial charge in [-0.15, -0.1) is 0 Å². The van der Waals surface area contributed by atoms with Crippen molar-refractivity contribution in [2.45, 2.75) is 12.8 Å². The van der Waals surface area contributed by atoms with Crippen LogP contribution in [0.4, 0.5) is 11.6 Å². The molecule has 2 heterocycles. The summed E-state index contributed by atoms with van der Waals surface area (Å²) in [6.07, 6.45) is 5.04. The van der Waals surface area contributed by atoms with Gasteiger partial charge in [0.15, 0.2) is 0 Å². The topological polar surface area (TPSA) is 84.4 Å². The molecule has 26 heavy (non-hydrogen) atoms. The number of carbonyl (C=O) groups excluding carboxylic acids is 2. The van der Waals surface area contributed by atoms with E-state index in [1.165, 1.54) is 13.2 Å². The van der Waals surface area contributed by atoms with Crippen LogP contribution >= 0.6 is 11.6 Å². The highest BCUT2D eigenvalue weighted by Gasteiger charge is 2.27. The molecule has 1 unspecified atom stereocenters. The number of halogens is 1. The Morgan fingerprint density at radius 2 is 2.08 bits per heavy atom. The smallest absolute Gasteiger partial charge is 0.339 e. The van der Waals surface area contributed by atoms with E-state index in [-0.39, 0.29) is 22.4 Å². The number of nitrogens with zero attached hydrogens (tertiary/aromatic N) is 3. The van der Waals surface area contributed by atoms with Crippen molar-refractivity contribution in [2.75, 3.05) is 30.4 Å². The lowest BCUT2D eigenvalue weighted by molar-refractivity contribution is -0.120. The number of carbonyl (C=O) groups is 2. The van der Waals surface area contributed by atoms with Crippen molar-refractivity contribution in [2.24, 2.45) is 5.92 Å². The van der Waals surface area contributed by atoms with Crippen LogP contribution in [0, 0.1) is 5.92 Å². The van der Waals surface area contributed by atoms with E-state index in [9.17, 15) is 9.59 Å². The van der Waals surface area contributed by atoms with E-state index in [0.717, 1.165) is 19.4 Å². The molecule has 0 bridgehead atoms. The van der Waals surface area contributed by atoms with Gasteiger partial charge in [-0.1, -0.05) is 11.6 Å². The van der Waals surface area contributed by atoms with Crippen molar-refractivity contribution in [3.8, 4) is 0 Å². The zero-order valence-electron chi connectivity index (χ0n) is 14.3. The molecule has 8 heteroatoms. The van der Waals surface area contributed by atoms with Gasteiger partial charge in [-0.2, -0.15) is 0 Å². The minimum atomic E-state index is -0.545. The maximum Gasteiger partial charge on any atom is 0.339 e. The largest absolute Gasteiger partial charge is 0.465 e. The van der Waals surface area contributed by atoms with E-state index in [1.54, 1.807) is 30.6 Å². The van der Waals surface area contributed by atoms with Crippen molar-refractivity contribution in [3.63, 3.8) is 0 Å². The number of rotatable bonds is 4. The molecular formula is C18H19ClN4O3. The maximum absolute atomic E-state index is 12.7. The summed E-state index contributed by atoms with van der Waals surface area (Å²) >= 11 is 6.01. The van der Waals surface area contributed by atoms with Crippen LogP contribution in [-0.2, 0) is 9.53 Å². The number of anilines is 2. The molecule has 1 aromatic carbocycles. The number of hydrogen-bond acceptors (Lipinski definition) is 6. The highest BCUT2D eigenvalue weighted by molar-refractivity contribution is 6.33. The lowest BCUT2D eigenvalue weighted by atomic mass is 9.97. The Hall–Kier alpha value is -2.67. The average molecular weight is 375 g/mol. The zero-order valence-corrected chi connectivity index (χ0v) is 15.1. The normalized spacial score (nSPS) is 16.8. The standard InChI is InChI=1S/C18H19ClN4O3/c1-26-17(25)14-10-13(5-6-15(14)19)22-16(24)12-4-2-9-23(11-12)18-20-7-3-8-21-18/h3,5-8,10,12H,2,4,9,11H2,1H3,(H,22,24). The maximum atomic E-state index is 12.7. The summed E-state index contributed by atoms with van der Waals surface area (Å²) in [6, 6.07) is 6.51. The van der Waals surface area contributed by atoms with Crippen molar-refractivity contribution >= 4 is 35.1 Å². The third-order valence-electron chi connectivity index (χ3n) is 4.27. The van der Waals surface area contributed by atoms with Gasteiger partial charge in [0.2, 0.25) is 11.9 Å². The van der Waals surface area contributed by atoms with Gasteiger partial charge in [0.1, 0.15) is 0 Å². The first-order chi connectivity index (χ1) is 12.6. The van der Waals surface area contributed by atoms with Crippen LogP contribution in [0.15, 0.2) is 36.7 Å². The van der Waals surface area contributed by atoms with Gasteiger partial charge in [-0.25, -0.2) is 14.8 Å². The van der Waals surface area contributed by atoms with Crippen LogP contribution in [0.1, 0.15) is 23.2 Å². The molecule has 1 fully saturated rings. The van der Waals surface area contributed by atoms with Gasteiger partial charge in [-0.3, -0.25) is 4.79 Å². The molecule has 0 radical (unpaired) electrons. The number of methoxy groups -OCH3 is 1. The summed E-state index contributed by atoms with van der Waals surface area (Å²) in [5.74, 6) is -0.214. The highest BCUT2D eigenvalue weighted by atomic mass is 35.5. The van der Waals surface area contributed by atoms with Gasteiger partial charge < -0.3 is 15.0 Å². The van der Waals surface area contributed by atoms with Crippen molar-refractivity contribution in [1.29, 1.82) is 0 Å². The first-order valence-corrected chi connectivity index (χ1v) is 8.67. The third kappa shape index (κ3) is 4.11.